The largest absolute Gasteiger partial charge is 0.496 e. The fourth-order valence-electron chi connectivity index (χ4n) is 3.23. The number of imide groups is 1. The van der Waals surface area contributed by atoms with Crippen LogP contribution in [0.1, 0.15) is 37.3 Å². The number of methoxy groups -OCH3 is 1. The van der Waals surface area contributed by atoms with Crippen LogP contribution in [0.4, 0.5) is 0 Å². The maximum absolute atomic E-state index is 13.2. The number of benzene rings is 2. The highest BCUT2D eigenvalue weighted by molar-refractivity contribution is 8.03. The maximum Gasteiger partial charge on any atom is 0.267 e. The molecule has 3 rings (SSSR count). The molecule has 0 saturated carbocycles. The topological polar surface area (TPSA) is 46.6 Å². The first-order valence-electron chi connectivity index (χ1n) is 9.58. The molecular weight excluding hydrogens is 370 g/mol. The number of rotatable bonds is 9. The van der Waals surface area contributed by atoms with Crippen molar-refractivity contribution in [1.82, 2.24) is 4.90 Å². The van der Waals surface area contributed by atoms with Gasteiger partial charge in [0.1, 0.15) is 5.75 Å². The van der Waals surface area contributed by atoms with E-state index in [0.717, 1.165) is 24.8 Å². The first kappa shape index (κ1) is 20.2. The zero-order chi connectivity index (χ0) is 19.9. The Hall–Kier alpha value is -2.53. The molecule has 146 valence electrons. The predicted molar refractivity (Wildman–Crippen MR) is 114 cm³/mol. The third-order valence-corrected chi connectivity index (χ3v) is 5.86. The van der Waals surface area contributed by atoms with Crippen LogP contribution in [0.3, 0.4) is 0 Å². The summed E-state index contributed by atoms with van der Waals surface area (Å²) in [4.78, 5) is 28.2. The molecule has 4 nitrogen and oxygen atoms in total. The monoisotopic (exact) mass is 395 g/mol. The first-order chi connectivity index (χ1) is 13.7. The van der Waals surface area contributed by atoms with Crippen LogP contribution in [0.2, 0.25) is 0 Å². The van der Waals surface area contributed by atoms with Crippen molar-refractivity contribution in [3.63, 3.8) is 0 Å². The van der Waals surface area contributed by atoms with Crippen molar-refractivity contribution in [2.75, 3.05) is 13.7 Å². The third-order valence-electron chi connectivity index (χ3n) is 4.71. The van der Waals surface area contributed by atoms with Crippen LogP contribution in [0.5, 0.6) is 5.75 Å². The molecule has 2 aromatic carbocycles. The van der Waals surface area contributed by atoms with Crippen molar-refractivity contribution in [2.45, 2.75) is 31.9 Å². The molecule has 0 aliphatic carbocycles. The van der Waals surface area contributed by atoms with E-state index >= 15 is 0 Å². The van der Waals surface area contributed by atoms with E-state index in [2.05, 4.69) is 6.92 Å². The molecule has 0 saturated heterocycles. The number of carbonyl (C=O) groups is 2. The second-order valence-corrected chi connectivity index (χ2v) is 7.63. The van der Waals surface area contributed by atoms with E-state index < -0.39 is 0 Å². The summed E-state index contributed by atoms with van der Waals surface area (Å²) in [6.07, 6.45) is 2.86. The van der Waals surface area contributed by atoms with Gasteiger partial charge in [0.05, 0.1) is 17.6 Å². The number of para-hydroxylation sites is 1. The number of carbonyl (C=O) groups excluding carboxylic acids is 2. The van der Waals surface area contributed by atoms with Crippen molar-refractivity contribution >= 4 is 29.1 Å². The van der Waals surface area contributed by atoms with Crippen LogP contribution in [0, 0.1) is 0 Å². The van der Waals surface area contributed by atoms with Gasteiger partial charge in [0.2, 0.25) is 0 Å². The Bertz CT molecular complexity index is 876. The van der Waals surface area contributed by atoms with Crippen molar-refractivity contribution in [3.05, 3.63) is 70.6 Å². The normalized spacial score (nSPS) is 14.1. The van der Waals surface area contributed by atoms with E-state index in [0.29, 0.717) is 34.1 Å². The molecule has 0 aromatic heterocycles. The lowest BCUT2D eigenvalue weighted by Gasteiger charge is -2.15. The van der Waals surface area contributed by atoms with Gasteiger partial charge in [-0.1, -0.05) is 68.3 Å². The second kappa shape index (κ2) is 9.60. The van der Waals surface area contributed by atoms with Gasteiger partial charge in [0.15, 0.2) is 0 Å². The molecule has 2 amide bonds. The van der Waals surface area contributed by atoms with Gasteiger partial charge in [0.25, 0.3) is 11.8 Å². The first-order valence-corrected chi connectivity index (χ1v) is 10.6. The average molecular weight is 396 g/mol. The van der Waals surface area contributed by atoms with Gasteiger partial charge in [-0.3, -0.25) is 14.5 Å². The van der Waals surface area contributed by atoms with Crippen molar-refractivity contribution in [3.8, 4) is 5.75 Å². The molecule has 2 aromatic rings. The van der Waals surface area contributed by atoms with Crippen molar-refractivity contribution in [1.29, 1.82) is 0 Å². The maximum atomic E-state index is 13.2. The number of ether oxygens (including phenoxy) is 1. The Morgan fingerprint density at radius 1 is 0.929 bits per heavy atom. The molecule has 1 aliphatic heterocycles. The lowest BCUT2D eigenvalue weighted by molar-refractivity contribution is -0.136. The van der Waals surface area contributed by atoms with E-state index in [1.165, 1.54) is 16.7 Å². The van der Waals surface area contributed by atoms with Gasteiger partial charge in [-0.2, -0.15) is 0 Å². The number of amides is 2. The summed E-state index contributed by atoms with van der Waals surface area (Å²) in [5, 5.41) is 0. The van der Waals surface area contributed by atoms with Crippen LogP contribution in [0.25, 0.3) is 5.57 Å². The van der Waals surface area contributed by atoms with Crippen molar-refractivity contribution in [2.24, 2.45) is 0 Å². The van der Waals surface area contributed by atoms with Gasteiger partial charge in [-0.25, -0.2) is 0 Å². The van der Waals surface area contributed by atoms with Gasteiger partial charge < -0.3 is 4.74 Å². The van der Waals surface area contributed by atoms with Gasteiger partial charge >= 0.3 is 0 Å². The Balaban J connectivity index is 1.95. The molecule has 0 unspecified atom stereocenters. The van der Waals surface area contributed by atoms with Gasteiger partial charge in [-0.05, 0) is 18.1 Å². The average Bonchev–Trinajstić information content (AvgIpc) is 2.97. The second-order valence-electron chi connectivity index (χ2n) is 6.65. The SMILES string of the molecule is CCCCCN1C(=O)C(SCc2ccccc2)=C(c2ccccc2OC)C1=O. The summed E-state index contributed by atoms with van der Waals surface area (Å²) < 4.78 is 5.46. The molecule has 0 atom stereocenters. The number of thioether (sulfide) groups is 1. The highest BCUT2D eigenvalue weighted by Gasteiger charge is 2.39. The van der Waals surface area contributed by atoms with E-state index in [9.17, 15) is 9.59 Å². The molecule has 1 aliphatic rings. The van der Waals surface area contributed by atoms with Crippen LogP contribution >= 0.6 is 11.8 Å². The van der Waals surface area contributed by atoms with Crippen LogP contribution < -0.4 is 4.74 Å². The Labute approximate surface area is 170 Å². The Kier molecular flexibility index (Phi) is 6.93. The zero-order valence-electron chi connectivity index (χ0n) is 16.3. The summed E-state index contributed by atoms with van der Waals surface area (Å²) in [7, 11) is 1.58. The summed E-state index contributed by atoms with van der Waals surface area (Å²) in [5.74, 6) is 0.826. The summed E-state index contributed by atoms with van der Waals surface area (Å²) in [6.45, 7) is 2.56. The summed E-state index contributed by atoms with van der Waals surface area (Å²) in [5.41, 5.74) is 2.25. The molecule has 28 heavy (non-hydrogen) atoms. The molecule has 0 N–H and O–H groups in total. The summed E-state index contributed by atoms with van der Waals surface area (Å²) >= 11 is 1.43. The predicted octanol–water partition coefficient (Wildman–Crippen LogP) is 4.90. The number of hydrogen-bond donors (Lipinski definition) is 0. The quantitative estimate of drug-likeness (QED) is 0.448. The number of unbranched alkanes of at least 4 members (excludes halogenated alkanes) is 2. The third kappa shape index (κ3) is 4.30. The fraction of sp³-hybridized carbons (Fsp3) is 0.304. The smallest absolute Gasteiger partial charge is 0.267 e. The van der Waals surface area contributed by atoms with Crippen LogP contribution in [-0.2, 0) is 15.3 Å². The highest BCUT2D eigenvalue weighted by atomic mass is 32.2. The minimum atomic E-state index is -0.221. The standard InChI is InChI=1S/C23H25NO3S/c1-3-4-10-15-24-22(25)20(18-13-8-9-14-19(18)27-2)21(23(24)26)28-16-17-11-6-5-7-12-17/h5-9,11-14H,3-4,10,15-16H2,1-2H3. The molecule has 5 heteroatoms. The van der Waals surface area contributed by atoms with Gasteiger partial charge in [0, 0.05) is 17.9 Å². The van der Waals surface area contributed by atoms with Crippen LogP contribution in [0.15, 0.2) is 59.5 Å². The molecule has 0 spiro atoms. The van der Waals surface area contributed by atoms with E-state index in [4.69, 9.17) is 4.74 Å². The molecule has 0 bridgehead atoms. The van der Waals surface area contributed by atoms with Crippen molar-refractivity contribution < 1.29 is 14.3 Å². The highest BCUT2D eigenvalue weighted by Crippen LogP contribution is 2.40. The molecule has 1 heterocycles. The van der Waals surface area contributed by atoms with Gasteiger partial charge in [-0.15, -0.1) is 11.8 Å². The minimum Gasteiger partial charge on any atom is -0.496 e. The molecular formula is C23H25NO3S. The molecule has 0 radical (unpaired) electrons. The number of hydrogen-bond acceptors (Lipinski definition) is 4. The lowest BCUT2D eigenvalue weighted by atomic mass is 10.1. The summed E-state index contributed by atoms with van der Waals surface area (Å²) in [6, 6.07) is 17.4. The Morgan fingerprint density at radius 3 is 2.36 bits per heavy atom. The van der Waals surface area contributed by atoms with Crippen LogP contribution in [-0.4, -0.2) is 30.4 Å². The van der Waals surface area contributed by atoms with E-state index in [1.54, 1.807) is 7.11 Å². The molecule has 0 fully saturated rings. The Morgan fingerprint density at radius 2 is 1.64 bits per heavy atom. The van der Waals surface area contributed by atoms with E-state index in [-0.39, 0.29) is 11.8 Å². The number of nitrogens with zero attached hydrogens (tertiary/aromatic N) is 1. The fourth-order valence-corrected chi connectivity index (χ4v) is 4.31. The minimum absolute atomic E-state index is 0.192. The van der Waals surface area contributed by atoms with E-state index in [1.807, 2.05) is 54.6 Å². The lowest BCUT2D eigenvalue weighted by Crippen LogP contribution is -2.32. The zero-order valence-corrected chi connectivity index (χ0v) is 17.1.